The minimum absolute atomic E-state index is 0.568. The second-order valence-electron chi connectivity index (χ2n) is 5.77. The Labute approximate surface area is 116 Å². The lowest BCUT2D eigenvalue weighted by Crippen LogP contribution is -2.56. The summed E-state index contributed by atoms with van der Waals surface area (Å²) in [6.07, 6.45) is 1.05. The molecular weight excluding hydrogens is 236 g/mol. The Kier molecular flexibility index (Phi) is 4.83. The van der Waals surface area contributed by atoms with Crippen LogP contribution in [0, 0.1) is 0 Å². The highest BCUT2D eigenvalue weighted by Gasteiger charge is 2.21. The van der Waals surface area contributed by atoms with Gasteiger partial charge in [-0.25, -0.2) is 0 Å². The van der Waals surface area contributed by atoms with Crippen LogP contribution >= 0.6 is 0 Å². The number of nitrogens with one attached hydrogen (secondary N) is 1. The predicted octanol–water partition coefficient (Wildman–Crippen LogP) is 2.26. The Balaban J connectivity index is 2.02. The highest BCUT2D eigenvalue weighted by Crippen LogP contribution is 2.24. The summed E-state index contributed by atoms with van der Waals surface area (Å²) in [5, 5.41) is 3.32. The van der Waals surface area contributed by atoms with Crippen molar-refractivity contribution in [1.82, 2.24) is 10.2 Å². The average molecular weight is 262 g/mol. The first-order chi connectivity index (χ1) is 9.11. The molecule has 1 aliphatic heterocycles. The molecule has 0 aliphatic carbocycles. The molecule has 1 fully saturated rings. The van der Waals surface area contributed by atoms with Gasteiger partial charge in [0.05, 0.1) is 7.11 Å². The van der Waals surface area contributed by atoms with Gasteiger partial charge in [0.25, 0.3) is 0 Å². The number of hydrogen-bond acceptors (Lipinski definition) is 3. The van der Waals surface area contributed by atoms with Crippen LogP contribution in [0.25, 0.3) is 0 Å². The molecule has 3 heteroatoms. The Morgan fingerprint density at radius 1 is 1.37 bits per heavy atom. The highest BCUT2D eigenvalue weighted by molar-refractivity contribution is 5.38. The van der Waals surface area contributed by atoms with Crippen molar-refractivity contribution in [2.24, 2.45) is 0 Å². The van der Waals surface area contributed by atoms with Crippen molar-refractivity contribution in [1.29, 1.82) is 0 Å². The Hall–Kier alpha value is -1.06. The first-order valence-electron chi connectivity index (χ1n) is 7.19. The molecule has 0 bridgehead atoms. The van der Waals surface area contributed by atoms with E-state index in [9.17, 15) is 0 Å². The Morgan fingerprint density at radius 3 is 2.63 bits per heavy atom. The van der Waals surface area contributed by atoms with Gasteiger partial charge in [0.15, 0.2) is 0 Å². The number of benzene rings is 1. The lowest BCUT2D eigenvalue weighted by Gasteiger charge is -2.35. The number of hydrogen-bond donors (Lipinski definition) is 1. The van der Waals surface area contributed by atoms with Crippen LogP contribution in [-0.4, -0.2) is 44.7 Å². The molecule has 1 aromatic rings. The second-order valence-corrected chi connectivity index (χ2v) is 5.77. The third kappa shape index (κ3) is 3.48. The van der Waals surface area contributed by atoms with Crippen LogP contribution in [0.4, 0.5) is 0 Å². The van der Waals surface area contributed by atoms with Gasteiger partial charge in [0.1, 0.15) is 5.75 Å². The van der Waals surface area contributed by atoms with Crippen LogP contribution in [0.3, 0.4) is 0 Å². The van der Waals surface area contributed by atoms with Crippen LogP contribution in [0.5, 0.6) is 5.75 Å². The smallest absolute Gasteiger partial charge is 0.122 e. The van der Waals surface area contributed by atoms with E-state index in [4.69, 9.17) is 4.74 Å². The van der Waals surface area contributed by atoms with E-state index in [1.165, 1.54) is 11.1 Å². The molecule has 1 aliphatic rings. The molecule has 106 valence electrons. The maximum atomic E-state index is 5.48. The number of methoxy groups -OCH3 is 1. The predicted molar refractivity (Wildman–Crippen MR) is 80.1 cm³/mol. The first kappa shape index (κ1) is 14.4. The Bertz CT molecular complexity index is 413. The molecule has 0 spiro atoms. The minimum Gasteiger partial charge on any atom is -0.496 e. The maximum Gasteiger partial charge on any atom is 0.122 e. The standard InChI is InChI=1S/C16H26N2O/c1-12(2)13-5-6-16(19-4)14(9-13)7-8-18(3)15-10-17-11-15/h5-6,9,12,15,17H,7-8,10-11H2,1-4H3. The number of nitrogens with zero attached hydrogens (tertiary/aromatic N) is 1. The summed E-state index contributed by atoms with van der Waals surface area (Å²) in [5.41, 5.74) is 2.72. The summed E-state index contributed by atoms with van der Waals surface area (Å²) in [6.45, 7) is 7.80. The fourth-order valence-electron chi connectivity index (χ4n) is 2.42. The maximum absolute atomic E-state index is 5.48. The zero-order valence-corrected chi connectivity index (χ0v) is 12.6. The van der Waals surface area contributed by atoms with Gasteiger partial charge in [-0.15, -0.1) is 0 Å². The van der Waals surface area contributed by atoms with Crippen molar-refractivity contribution in [3.05, 3.63) is 29.3 Å². The lowest BCUT2D eigenvalue weighted by molar-refractivity contribution is 0.182. The molecule has 19 heavy (non-hydrogen) atoms. The van der Waals surface area contributed by atoms with E-state index in [-0.39, 0.29) is 0 Å². The van der Waals surface area contributed by atoms with Crippen molar-refractivity contribution in [3.8, 4) is 5.75 Å². The topological polar surface area (TPSA) is 24.5 Å². The third-order valence-corrected chi connectivity index (χ3v) is 4.09. The van der Waals surface area contributed by atoms with Crippen LogP contribution in [0.15, 0.2) is 18.2 Å². The summed E-state index contributed by atoms with van der Waals surface area (Å²) in [4.78, 5) is 2.44. The van der Waals surface area contributed by atoms with Gasteiger partial charge in [0.2, 0.25) is 0 Å². The van der Waals surface area contributed by atoms with Gasteiger partial charge in [-0.3, -0.25) is 0 Å². The van der Waals surface area contributed by atoms with Crippen LogP contribution < -0.4 is 10.1 Å². The molecule has 0 amide bonds. The van der Waals surface area contributed by atoms with E-state index in [1.807, 2.05) is 0 Å². The van der Waals surface area contributed by atoms with E-state index < -0.39 is 0 Å². The van der Waals surface area contributed by atoms with Gasteiger partial charge < -0.3 is 15.0 Å². The molecular formula is C16H26N2O. The summed E-state index contributed by atoms with van der Waals surface area (Å²) in [6, 6.07) is 7.29. The molecule has 0 aromatic heterocycles. The zero-order valence-electron chi connectivity index (χ0n) is 12.6. The molecule has 0 unspecified atom stereocenters. The van der Waals surface area contributed by atoms with E-state index in [0.717, 1.165) is 31.8 Å². The largest absolute Gasteiger partial charge is 0.496 e. The molecule has 1 N–H and O–H groups in total. The van der Waals surface area contributed by atoms with Crippen LogP contribution in [0.1, 0.15) is 30.9 Å². The summed E-state index contributed by atoms with van der Waals surface area (Å²) in [7, 11) is 3.97. The van der Waals surface area contributed by atoms with Crippen molar-refractivity contribution in [2.75, 3.05) is 33.8 Å². The normalized spacial score (nSPS) is 15.9. The monoisotopic (exact) mass is 262 g/mol. The molecule has 0 radical (unpaired) electrons. The summed E-state index contributed by atoms with van der Waals surface area (Å²) < 4.78 is 5.48. The fraction of sp³-hybridized carbons (Fsp3) is 0.625. The SMILES string of the molecule is COc1ccc(C(C)C)cc1CCN(C)C1CNC1. The van der Waals surface area contributed by atoms with Crippen LogP contribution in [0.2, 0.25) is 0 Å². The fourth-order valence-corrected chi connectivity index (χ4v) is 2.42. The van der Waals surface area contributed by atoms with Crippen LogP contribution in [-0.2, 0) is 6.42 Å². The number of rotatable bonds is 6. The molecule has 1 saturated heterocycles. The Morgan fingerprint density at radius 2 is 2.11 bits per heavy atom. The third-order valence-electron chi connectivity index (χ3n) is 4.09. The quantitative estimate of drug-likeness (QED) is 0.851. The van der Waals surface area contributed by atoms with Gasteiger partial charge in [-0.2, -0.15) is 0 Å². The first-order valence-corrected chi connectivity index (χ1v) is 7.19. The molecule has 1 heterocycles. The number of likely N-dealkylation sites (N-methyl/N-ethyl adjacent to an activating group) is 1. The van der Waals surface area contributed by atoms with Crippen molar-refractivity contribution in [3.63, 3.8) is 0 Å². The molecule has 0 saturated carbocycles. The van der Waals surface area contributed by atoms with E-state index in [0.29, 0.717) is 12.0 Å². The van der Waals surface area contributed by atoms with Gasteiger partial charge >= 0.3 is 0 Å². The van der Waals surface area contributed by atoms with Gasteiger partial charge in [-0.1, -0.05) is 26.0 Å². The average Bonchev–Trinajstić information content (AvgIpc) is 2.33. The van der Waals surface area contributed by atoms with Crippen molar-refractivity contribution < 1.29 is 4.74 Å². The van der Waals surface area contributed by atoms with E-state index >= 15 is 0 Å². The highest BCUT2D eigenvalue weighted by atomic mass is 16.5. The van der Waals surface area contributed by atoms with E-state index in [2.05, 4.69) is 49.3 Å². The molecule has 1 aromatic carbocycles. The minimum atomic E-state index is 0.568. The zero-order chi connectivity index (χ0) is 13.8. The van der Waals surface area contributed by atoms with Crippen molar-refractivity contribution in [2.45, 2.75) is 32.2 Å². The molecule has 2 rings (SSSR count). The number of ether oxygens (including phenoxy) is 1. The summed E-state index contributed by atoms with van der Waals surface area (Å²) in [5.74, 6) is 1.59. The van der Waals surface area contributed by atoms with E-state index in [1.54, 1.807) is 7.11 Å². The van der Waals surface area contributed by atoms with Gasteiger partial charge in [0, 0.05) is 25.7 Å². The summed E-state index contributed by atoms with van der Waals surface area (Å²) >= 11 is 0. The second kappa shape index (κ2) is 6.40. The van der Waals surface area contributed by atoms with Gasteiger partial charge in [-0.05, 0) is 36.6 Å². The molecule has 0 atom stereocenters. The van der Waals surface area contributed by atoms with Crippen molar-refractivity contribution >= 4 is 0 Å². The molecule has 3 nitrogen and oxygen atoms in total. The lowest BCUT2D eigenvalue weighted by atomic mass is 9.98.